The van der Waals surface area contributed by atoms with Crippen LogP contribution >= 0.6 is 0 Å². The Morgan fingerprint density at radius 2 is 1.92 bits per heavy atom. The standard InChI is InChI=1S/C20H18N2O4/c1-13-16(22-20(26-13)14-5-3-2-4-6-14)9-10-21-19(23)15-7-8-17-18(11-15)25-12-24-17/h2-8,11H,9-10,12H2,1H3,(H,21,23). The lowest BCUT2D eigenvalue weighted by Gasteiger charge is -2.05. The summed E-state index contributed by atoms with van der Waals surface area (Å²) in [4.78, 5) is 16.8. The molecule has 0 bridgehead atoms. The molecule has 2 heterocycles. The quantitative estimate of drug-likeness (QED) is 0.764. The number of fused-ring (bicyclic) bond motifs is 1. The van der Waals surface area contributed by atoms with E-state index in [1.54, 1.807) is 18.2 Å². The molecule has 0 radical (unpaired) electrons. The summed E-state index contributed by atoms with van der Waals surface area (Å²) in [6.07, 6.45) is 0.596. The van der Waals surface area contributed by atoms with E-state index in [2.05, 4.69) is 10.3 Å². The van der Waals surface area contributed by atoms with Crippen LogP contribution in [0.15, 0.2) is 52.9 Å². The lowest BCUT2D eigenvalue weighted by Crippen LogP contribution is -2.25. The minimum absolute atomic E-state index is 0.160. The maximum Gasteiger partial charge on any atom is 0.251 e. The van der Waals surface area contributed by atoms with Crippen LogP contribution in [-0.2, 0) is 6.42 Å². The molecule has 1 aliphatic heterocycles. The summed E-state index contributed by atoms with van der Waals surface area (Å²) in [5.41, 5.74) is 2.32. The Morgan fingerprint density at radius 1 is 1.12 bits per heavy atom. The van der Waals surface area contributed by atoms with E-state index in [1.165, 1.54) is 0 Å². The SMILES string of the molecule is Cc1oc(-c2ccccc2)nc1CCNC(=O)c1ccc2c(c1)OCO2. The van der Waals surface area contributed by atoms with Crippen molar-refractivity contribution < 1.29 is 18.7 Å². The van der Waals surface area contributed by atoms with E-state index in [-0.39, 0.29) is 12.7 Å². The summed E-state index contributed by atoms with van der Waals surface area (Å²) in [5.74, 6) is 2.46. The Morgan fingerprint density at radius 3 is 2.77 bits per heavy atom. The van der Waals surface area contributed by atoms with Crippen LogP contribution < -0.4 is 14.8 Å². The molecule has 1 amide bonds. The number of rotatable bonds is 5. The Labute approximate surface area is 150 Å². The van der Waals surface area contributed by atoms with Gasteiger partial charge in [-0.25, -0.2) is 4.98 Å². The van der Waals surface area contributed by atoms with Crippen LogP contribution in [-0.4, -0.2) is 24.2 Å². The first-order valence-electron chi connectivity index (χ1n) is 8.40. The maximum absolute atomic E-state index is 12.3. The van der Waals surface area contributed by atoms with Gasteiger partial charge in [-0.05, 0) is 37.3 Å². The monoisotopic (exact) mass is 350 g/mol. The second kappa shape index (κ2) is 6.92. The van der Waals surface area contributed by atoms with E-state index in [4.69, 9.17) is 13.9 Å². The minimum atomic E-state index is -0.160. The number of oxazole rings is 1. The van der Waals surface area contributed by atoms with Crippen molar-refractivity contribution in [3.05, 3.63) is 65.5 Å². The molecule has 1 aliphatic rings. The molecule has 0 atom stereocenters. The Kier molecular flexibility index (Phi) is 4.31. The van der Waals surface area contributed by atoms with Crippen LogP contribution in [0.1, 0.15) is 21.8 Å². The second-order valence-electron chi connectivity index (χ2n) is 5.96. The number of carbonyl (C=O) groups excluding carboxylic acids is 1. The molecule has 1 N–H and O–H groups in total. The van der Waals surface area contributed by atoms with Gasteiger partial charge in [-0.3, -0.25) is 4.79 Å². The van der Waals surface area contributed by atoms with Gasteiger partial charge in [0.15, 0.2) is 11.5 Å². The van der Waals surface area contributed by atoms with E-state index in [9.17, 15) is 4.79 Å². The van der Waals surface area contributed by atoms with E-state index in [0.717, 1.165) is 17.0 Å². The van der Waals surface area contributed by atoms with Crippen LogP contribution in [0.4, 0.5) is 0 Å². The number of aryl methyl sites for hydroxylation is 1. The zero-order valence-corrected chi connectivity index (χ0v) is 14.3. The van der Waals surface area contributed by atoms with Crippen molar-refractivity contribution in [3.8, 4) is 23.0 Å². The van der Waals surface area contributed by atoms with Gasteiger partial charge in [-0.2, -0.15) is 0 Å². The van der Waals surface area contributed by atoms with Gasteiger partial charge in [0, 0.05) is 24.1 Å². The number of benzene rings is 2. The molecule has 0 fully saturated rings. The Balaban J connectivity index is 1.37. The summed E-state index contributed by atoms with van der Waals surface area (Å²) in [7, 11) is 0. The first-order chi connectivity index (χ1) is 12.7. The summed E-state index contributed by atoms with van der Waals surface area (Å²) in [5, 5.41) is 2.90. The summed E-state index contributed by atoms with van der Waals surface area (Å²) in [6, 6.07) is 14.9. The fourth-order valence-electron chi connectivity index (χ4n) is 2.80. The van der Waals surface area contributed by atoms with Gasteiger partial charge in [-0.15, -0.1) is 0 Å². The first-order valence-corrected chi connectivity index (χ1v) is 8.40. The lowest BCUT2D eigenvalue weighted by atomic mass is 10.2. The fourth-order valence-corrected chi connectivity index (χ4v) is 2.80. The van der Waals surface area contributed by atoms with Crippen LogP contribution in [0.25, 0.3) is 11.5 Å². The average Bonchev–Trinajstić information content (AvgIpc) is 3.28. The van der Waals surface area contributed by atoms with Crippen molar-refractivity contribution in [2.45, 2.75) is 13.3 Å². The van der Waals surface area contributed by atoms with Gasteiger partial charge in [-0.1, -0.05) is 18.2 Å². The molecule has 0 saturated carbocycles. The summed E-state index contributed by atoms with van der Waals surface area (Å²) >= 11 is 0. The average molecular weight is 350 g/mol. The molecule has 0 aliphatic carbocycles. The molecule has 6 nitrogen and oxygen atoms in total. The van der Waals surface area contributed by atoms with Crippen molar-refractivity contribution in [2.24, 2.45) is 0 Å². The number of ether oxygens (including phenoxy) is 2. The Hall–Kier alpha value is -3.28. The third kappa shape index (κ3) is 3.26. The van der Waals surface area contributed by atoms with Crippen molar-refractivity contribution in [1.29, 1.82) is 0 Å². The molecule has 2 aromatic carbocycles. The molecule has 1 aromatic heterocycles. The molecule has 6 heteroatoms. The zero-order chi connectivity index (χ0) is 17.9. The van der Waals surface area contributed by atoms with Crippen molar-refractivity contribution in [3.63, 3.8) is 0 Å². The third-order valence-electron chi connectivity index (χ3n) is 4.20. The molecular weight excluding hydrogens is 332 g/mol. The predicted molar refractivity (Wildman–Crippen MR) is 95.3 cm³/mol. The molecule has 0 spiro atoms. The highest BCUT2D eigenvalue weighted by molar-refractivity contribution is 5.94. The normalized spacial score (nSPS) is 12.2. The number of nitrogens with one attached hydrogen (secondary N) is 1. The fraction of sp³-hybridized carbons (Fsp3) is 0.200. The number of aromatic nitrogens is 1. The van der Waals surface area contributed by atoms with Crippen LogP contribution in [0.5, 0.6) is 11.5 Å². The van der Waals surface area contributed by atoms with E-state index in [1.807, 2.05) is 37.3 Å². The van der Waals surface area contributed by atoms with Gasteiger partial charge in [0.1, 0.15) is 5.76 Å². The van der Waals surface area contributed by atoms with Gasteiger partial charge in [0.05, 0.1) is 5.69 Å². The number of hydrogen-bond donors (Lipinski definition) is 1. The second-order valence-corrected chi connectivity index (χ2v) is 5.96. The molecular formula is C20H18N2O4. The predicted octanol–water partition coefficient (Wildman–Crippen LogP) is 3.35. The van der Waals surface area contributed by atoms with Gasteiger partial charge < -0.3 is 19.2 Å². The molecule has 0 unspecified atom stereocenters. The molecule has 0 saturated heterocycles. The Bertz CT molecular complexity index is 934. The van der Waals surface area contributed by atoms with Crippen LogP contribution in [0, 0.1) is 6.92 Å². The van der Waals surface area contributed by atoms with Gasteiger partial charge in [0.25, 0.3) is 5.91 Å². The molecule has 4 rings (SSSR count). The maximum atomic E-state index is 12.3. The number of amides is 1. The highest BCUT2D eigenvalue weighted by atomic mass is 16.7. The third-order valence-corrected chi connectivity index (χ3v) is 4.20. The summed E-state index contributed by atoms with van der Waals surface area (Å²) < 4.78 is 16.3. The van der Waals surface area contributed by atoms with E-state index < -0.39 is 0 Å². The topological polar surface area (TPSA) is 73.6 Å². The van der Waals surface area contributed by atoms with Gasteiger partial charge >= 0.3 is 0 Å². The van der Waals surface area contributed by atoms with Crippen molar-refractivity contribution in [2.75, 3.05) is 13.3 Å². The highest BCUT2D eigenvalue weighted by Crippen LogP contribution is 2.32. The molecule has 3 aromatic rings. The van der Waals surface area contributed by atoms with E-state index in [0.29, 0.717) is 35.9 Å². The zero-order valence-electron chi connectivity index (χ0n) is 14.3. The summed E-state index contributed by atoms with van der Waals surface area (Å²) in [6.45, 7) is 2.54. The highest BCUT2D eigenvalue weighted by Gasteiger charge is 2.16. The molecule has 26 heavy (non-hydrogen) atoms. The van der Waals surface area contributed by atoms with Crippen molar-refractivity contribution in [1.82, 2.24) is 10.3 Å². The van der Waals surface area contributed by atoms with Crippen LogP contribution in [0.2, 0.25) is 0 Å². The largest absolute Gasteiger partial charge is 0.454 e. The first kappa shape index (κ1) is 16.2. The lowest BCUT2D eigenvalue weighted by molar-refractivity contribution is 0.0953. The minimum Gasteiger partial charge on any atom is -0.454 e. The van der Waals surface area contributed by atoms with Crippen LogP contribution in [0.3, 0.4) is 0 Å². The van der Waals surface area contributed by atoms with E-state index >= 15 is 0 Å². The smallest absolute Gasteiger partial charge is 0.251 e. The molecule has 132 valence electrons. The number of hydrogen-bond acceptors (Lipinski definition) is 5. The number of carbonyl (C=O) groups is 1. The van der Waals surface area contributed by atoms with Gasteiger partial charge in [0.2, 0.25) is 12.7 Å². The van der Waals surface area contributed by atoms with Crippen molar-refractivity contribution >= 4 is 5.91 Å². The number of nitrogens with zero attached hydrogens (tertiary/aromatic N) is 1.